The van der Waals surface area contributed by atoms with Crippen LogP contribution in [0.2, 0.25) is 5.02 Å². The zero-order chi connectivity index (χ0) is 15.9. The van der Waals surface area contributed by atoms with Crippen LogP contribution in [0.25, 0.3) is 0 Å². The number of nitrogens with zero attached hydrogens (tertiary/aromatic N) is 2. The van der Waals surface area contributed by atoms with Crippen LogP contribution in [0.15, 0.2) is 30.5 Å². The van der Waals surface area contributed by atoms with Gasteiger partial charge in [0.15, 0.2) is 5.82 Å². The van der Waals surface area contributed by atoms with Crippen molar-refractivity contribution in [3.05, 3.63) is 46.9 Å². The summed E-state index contributed by atoms with van der Waals surface area (Å²) in [5, 5.41) is 9.98. The second-order valence-corrected chi connectivity index (χ2v) is 5.28. The number of carbonyl (C=O) groups excluding carboxylic acids is 1. The SMILES string of the molecule is CCCCNC(=O)Nc1ccn(Cc2ccc(F)cc2Cl)n1. The largest absolute Gasteiger partial charge is 0.338 e. The quantitative estimate of drug-likeness (QED) is 0.797. The molecule has 1 heterocycles. The fraction of sp³-hybridized carbons (Fsp3) is 0.333. The summed E-state index contributed by atoms with van der Waals surface area (Å²) in [6.45, 7) is 3.09. The van der Waals surface area contributed by atoms with Gasteiger partial charge in [-0.15, -0.1) is 0 Å². The highest BCUT2D eigenvalue weighted by atomic mass is 35.5. The first-order chi connectivity index (χ1) is 10.6. The number of anilines is 1. The number of aromatic nitrogens is 2. The van der Waals surface area contributed by atoms with E-state index in [0.29, 0.717) is 23.9 Å². The predicted octanol–water partition coefficient (Wildman–Crippen LogP) is 3.65. The molecule has 1 aromatic heterocycles. The minimum atomic E-state index is -0.375. The van der Waals surface area contributed by atoms with Crippen molar-refractivity contribution in [3.63, 3.8) is 0 Å². The molecule has 0 aliphatic heterocycles. The Morgan fingerprint density at radius 1 is 1.41 bits per heavy atom. The van der Waals surface area contributed by atoms with Gasteiger partial charge in [-0.05, 0) is 24.1 Å². The lowest BCUT2D eigenvalue weighted by molar-refractivity contribution is 0.252. The Labute approximate surface area is 133 Å². The molecule has 22 heavy (non-hydrogen) atoms. The van der Waals surface area contributed by atoms with Gasteiger partial charge in [-0.25, -0.2) is 9.18 Å². The lowest BCUT2D eigenvalue weighted by Gasteiger charge is -2.06. The van der Waals surface area contributed by atoms with Crippen molar-refractivity contribution in [2.45, 2.75) is 26.3 Å². The van der Waals surface area contributed by atoms with Gasteiger partial charge in [0.25, 0.3) is 0 Å². The maximum atomic E-state index is 13.0. The average molecular weight is 325 g/mol. The predicted molar refractivity (Wildman–Crippen MR) is 84.7 cm³/mol. The van der Waals surface area contributed by atoms with Crippen LogP contribution in [0.1, 0.15) is 25.3 Å². The number of nitrogens with one attached hydrogen (secondary N) is 2. The van der Waals surface area contributed by atoms with Gasteiger partial charge < -0.3 is 5.32 Å². The molecule has 5 nitrogen and oxygen atoms in total. The van der Waals surface area contributed by atoms with Gasteiger partial charge in [0.05, 0.1) is 6.54 Å². The van der Waals surface area contributed by atoms with Crippen LogP contribution in [-0.2, 0) is 6.54 Å². The summed E-state index contributed by atoms with van der Waals surface area (Å²) >= 11 is 5.98. The molecule has 0 fully saturated rings. The molecular weight excluding hydrogens is 307 g/mol. The van der Waals surface area contributed by atoms with E-state index in [0.717, 1.165) is 18.4 Å². The first-order valence-electron chi connectivity index (χ1n) is 7.10. The smallest absolute Gasteiger partial charge is 0.320 e. The molecule has 0 saturated carbocycles. The molecule has 2 rings (SSSR count). The van der Waals surface area contributed by atoms with E-state index in [-0.39, 0.29) is 11.8 Å². The average Bonchev–Trinajstić information content (AvgIpc) is 2.89. The summed E-state index contributed by atoms with van der Waals surface area (Å²) in [6, 6.07) is 5.64. The third-order valence-corrected chi connectivity index (χ3v) is 3.40. The number of halogens is 2. The molecule has 0 aliphatic carbocycles. The lowest BCUT2D eigenvalue weighted by Crippen LogP contribution is -2.29. The number of benzene rings is 1. The second kappa shape index (κ2) is 7.79. The minimum absolute atomic E-state index is 0.279. The molecular formula is C15H18ClFN4O. The summed E-state index contributed by atoms with van der Waals surface area (Å²) in [5.74, 6) is 0.0764. The number of unbranched alkanes of at least 4 members (excludes halogenated alkanes) is 1. The molecule has 2 aromatic rings. The number of urea groups is 1. The maximum Gasteiger partial charge on any atom is 0.320 e. The van der Waals surface area contributed by atoms with Crippen LogP contribution in [0.3, 0.4) is 0 Å². The third-order valence-electron chi connectivity index (χ3n) is 3.05. The van der Waals surface area contributed by atoms with E-state index in [1.807, 2.05) is 0 Å². The lowest BCUT2D eigenvalue weighted by atomic mass is 10.2. The Balaban J connectivity index is 1.92. The summed E-state index contributed by atoms with van der Waals surface area (Å²) in [4.78, 5) is 11.6. The molecule has 2 N–H and O–H groups in total. The maximum absolute atomic E-state index is 13.0. The number of amides is 2. The minimum Gasteiger partial charge on any atom is -0.338 e. The number of hydrogen-bond acceptors (Lipinski definition) is 2. The van der Waals surface area contributed by atoms with Crippen LogP contribution < -0.4 is 10.6 Å². The van der Waals surface area contributed by atoms with E-state index < -0.39 is 0 Å². The molecule has 1 aromatic carbocycles. The van der Waals surface area contributed by atoms with Crippen molar-refractivity contribution in [3.8, 4) is 0 Å². The Kier molecular flexibility index (Phi) is 5.77. The van der Waals surface area contributed by atoms with Gasteiger partial charge in [-0.3, -0.25) is 10.00 Å². The van der Waals surface area contributed by atoms with Crippen molar-refractivity contribution in [2.24, 2.45) is 0 Å². The Hall–Kier alpha value is -2.08. The van der Waals surface area contributed by atoms with Crippen LogP contribution in [0, 0.1) is 5.82 Å². The van der Waals surface area contributed by atoms with E-state index in [4.69, 9.17) is 11.6 Å². The zero-order valence-corrected chi connectivity index (χ0v) is 13.0. The Morgan fingerprint density at radius 3 is 2.95 bits per heavy atom. The van der Waals surface area contributed by atoms with Crippen molar-refractivity contribution in [1.82, 2.24) is 15.1 Å². The van der Waals surface area contributed by atoms with E-state index in [1.54, 1.807) is 23.0 Å². The van der Waals surface area contributed by atoms with E-state index in [1.165, 1.54) is 12.1 Å². The van der Waals surface area contributed by atoms with Crippen molar-refractivity contribution in [1.29, 1.82) is 0 Å². The highest BCUT2D eigenvalue weighted by Gasteiger charge is 2.06. The normalized spacial score (nSPS) is 10.5. The van der Waals surface area contributed by atoms with Crippen molar-refractivity contribution in [2.75, 3.05) is 11.9 Å². The first kappa shape index (κ1) is 16.3. The molecule has 0 bridgehead atoms. The van der Waals surface area contributed by atoms with Crippen LogP contribution in [0.4, 0.5) is 15.0 Å². The molecule has 0 spiro atoms. The van der Waals surface area contributed by atoms with Gasteiger partial charge in [0.2, 0.25) is 0 Å². The van der Waals surface area contributed by atoms with Gasteiger partial charge in [-0.1, -0.05) is 31.0 Å². The van der Waals surface area contributed by atoms with Crippen LogP contribution in [-0.4, -0.2) is 22.4 Å². The summed E-state index contributed by atoms with van der Waals surface area (Å²) in [6.07, 6.45) is 3.68. The highest BCUT2D eigenvalue weighted by Crippen LogP contribution is 2.18. The first-order valence-corrected chi connectivity index (χ1v) is 7.48. The number of hydrogen-bond donors (Lipinski definition) is 2. The van der Waals surface area contributed by atoms with E-state index in [2.05, 4.69) is 22.7 Å². The van der Waals surface area contributed by atoms with E-state index >= 15 is 0 Å². The topological polar surface area (TPSA) is 59.0 Å². The van der Waals surface area contributed by atoms with Crippen molar-refractivity contribution >= 4 is 23.4 Å². The molecule has 0 radical (unpaired) electrons. The zero-order valence-electron chi connectivity index (χ0n) is 12.3. The summed E-state index contributed by atoms with van der Waals surface area (Å²) in [5.41, 5.74) is 0.755. The molecule has 7 heteroatoms. The van der Waals surface area contributed by atoms with Gasteiger partial charge in [0, 0.05) is 23.8 Å². The van der Waals surface area contributed by atoms with Gasteiger partial charge in [0.1, 0.15) is 5.82 Å². The third kappa shape index (κ3) is 4.73. The highest BCUT2D eigenvalue weighted by molar-refractivity contribution is 6.31. The van der Waals surface area contributed by atoms with Gasteiger partial charge >= 0.3 is 6.03 Å². The molecule has 0 atom stereocenters. The van der Waals surface area contributed by atoms with Crippen LogP contribution >= 0.6 is 11.6 Å². The molecule has 0 unspecified atom stereocenters. The summed E-state index contributed by atoms with van der Waals surface area (Å²) < 4.78 is 14.6. The molecule has 118 valence electrons. The standard InChI is InChI=1S/C15H18ClFN4O/c1-2-3-7-18-15(22)19-14-6-8-21(20-14)10-11-4-5-12(17)9-13(11)16/h4-6,8-9H,2-3,7,10H2,1H3,(H2,18,19,20,22). The molecule has 2 amide bonds. The van der Waals surface area contributed by atoms with Crippen LogP contribution in [0.5, 0.6) is 0 Å². The molecule has 0 saturated heterocycles. The second-order valence-electron chi connectivity index (χ2n) is 4.87. The van der Waals surface area contributed by atoms with Crippen molar-refractivity contribution < 1.29 is 9.18 Å². The number of rotatable bonds is 6. The monoisotopic (exact) mass is 324 g/mol. The summed E-state index contributed by atoms with van der Waals surface area (Å²) in [7, 11) is 0. The van der Waals surface area contributed by atoms with E-state index in [9.17, 15) is 9.18 Å². The molecule has 0 aliphatic rings. The fourth-order valence-electron chi connectivity index (χ4n) is 1.88. The Bertz CT molecular complexity index is 644. The Morgan fingerprint density at radius 2 is 2.23 bits per heavy atom. The van der Waals surface area contributed by atoms with Gasteiger partial charge in [-0.2, -0.15) is 5.10 Å². The fourth-order valence-corrected chi connectivity index (χ4v) is 2.11. The number of carbonyl (C=O) groups is 1.